The van der Waals surface area contributed by atoms with Crippen molar-refractivity contribution in [3.8, 4) is 0 Å². The molecular formula is C18H23N3O. The van der Waals surface area contributed by atoms with Crippen LogP contribution in [0.4, 0.5) is 0 Å². The minimum absolute atomic E-state index is 0.0684. The van der Waals surface area contributed by atoms with Gasteiger partial charge in [-0.05, 0) is 32.4 Å². The maximum atomic E-state index is 12.4. The van der Waals surface area contributed by atoms with Crippen LogP contribution in [0.1, 0.15) is 49.3 Å². The Morgan fingerprint density at radius 2 is 1.91 bits per heavy atom. The smallest absolute Gasteiger partial charge is 0.267 e. The normalized spacial score (nSPS) is 12.5. The zero-order valence-electron chi connectivity index (χ0n) is 14.1. The lowest BCUT2D eigenvalue weighted by Gasteiger charge is -2.17. The third kappa shape index (κ3) is 3.32. The number of para-hydroxylation sites is 1. The fourth-order valence-electron chi connectivity index (χ4n) is 2.03. The average Bonchev–Trinajstić information content (AvgIpc) is 2.43. The minimum atomic E-state index is -0.225. The van der Waals surface area contributed by atoms with Crippen LogP contribution in [0.3, 0.4) is 0 Å². The molecule has 22 heavy (non-hydrogen) atoms. The van der Waals surface area contributed by atoms with E-state index in [4.69, 9.17) is 0 Å². The second-order valence-electron chi connectivity index (χ2n) is 6.66. The standard InChI is InChI=1S/C18H23N3O/c1-11-8-7-9-14-10-15(12(2)19-16(11)14)17(22)21-20-13(3)18(4,5)6/h7-10H,1-6H3,(H,21,22)/b20-13+. The molecule has 1 aromatic carbocycles. The van der Waals surface area contributed by atoms with Gasteiger partial charge in [-0.25, -0.2) is 5.43 Å². The lowest BCUT2D eigenvalue weighted by molar-refractivity contribution is 0.0953. The maximum Gasteiger partial charge on any atom is 0.273 e. The molecule has 0 radical (unpaired) electrons. The molecule has 4 nitrogen and oxygen atoms in total. The highest BCUT2D eigenvalue weighted by Gasteiger charge is 2.16. The van der Waals surface area contributed by atoms with Crippen LogP contribution in [0.25, 0.3) is 10.9 Å². The molecule has 0 atom stereocenters. The second-order valence-corrected chi connectivity index (χ2v) is 6.66. The van der Waals surface area contributed by atoms with Crippen LogP contribution in [0.2, 0.25) is 0 Å². The zero-order valence-corrected chi connectivity index (χ0v) is 14.1. The first-order valence-corrected chi connectivity index (χ1v) is 7.42. The highest BCUT2D eigenvalue weighted by Crippen LogP contribution is 2.20. The third-order valence-corrected chi connectivity index (χ3v) is 3.89. The molecule has 1 amide bonds. The molecule has 4 heteroatoms. The average molecular weight is 297 g/mol. The van der Waals surface area contributed by atoms with Gasteiger partial charge in [0.25, 0.3) is 5.91 Å². The summed E-state index contributed by atoms with van der Waals surface area (Å²) in [7, 11) is 0. The fourth-order valence-corrected chi connectivity index (χ4v) is 2.03. The number of aromatic nitrogens is 1. The van der Waals surface area contributed by atoms with Crippen molar-refractivity contribution in [2.45, 2.75) is 41.5 Å². The Labute approximate surface area is 131 Å². The number of hydrogen-bond acceptors (Lipinski definition) is 3. The number of aryl methyl sites for hydroxylation is 2. The summed E-state index contributed by atoms with van der Waals surface area (Å²) in [5.74, 6) is -0.225. The lowest BCUT2D eigenvalue weighted by Crippen LogP contribution is -2.25. The highest BCUT2D eigenvalue weighted by molar-refractivity contribution is 5.99. The molecule has 0 fully saturated rings. The first kappa shape index (κ1) is 16.1. The summed E-state index contributed by atoms with van der Waals surface area (Å²) >= 11 is 0. The molecule has 1 aromatic heterocycles. The number of amides is 1. The first-order valence-electron chi connectivity index (χ1n) is 7.42. The molecule has 0 saturated carbocycles. The van der Waals surface area contributed by atoms with Crippen LogP contribution in [0, 0.1) is 19.3 Å². The number of nitrogens with zero attached hydrogens (tertiary/aromatic N) is 2. The number of hydrogen-bond donors (Lipinski definition) is 1. The number of fused-ring (bicyclic) bond motifs is 1. The van der Waals surface area contributed by atoms with Gasteiger partial charge in [-0.3, -0.25) is 9.78 Å². The Balaban J connectivity index is 2.35. The van der Waals surface area contributed by atoms with Crippen molar-refractivity contribution in [3.05, 3.63) is 41.1 Å². The summed E-state index contributed by atoms with van der Waals surface area (Å²) in [5, 5.41) is 5.16. The number of nitrogens with one attached hydrogen (secondary N) is 1. The van der Waals surface area contributed by atoms with Crippen LogP contribution in [0.5, 0.6) is 0 Å². The van der Waals surface area contributed by atoms with Crippen LogP contribution in [0.15, 0.2) is 29.4 Å². The van der Waals surface area contributed by atoms with Gasteiger partial charge in [-0.15, -0.1) is 0 Å². The molecule has 0 aliphatic carbocycles. The van der Waals surface area contributed by atoms with Crippen molar-refractivity contribution in [1.82, 2.24) is 10.4 Å². The summed E-state index contributed by atoms with van der Waals surface area (Å²) in [6.07, 6.45) is 0. The second kappa shape index (κ2) is 5.87. The summed E-state index contributed by atoms with van der Waals surface area (Å²) in [5.41, 5.74) is 6.76. The van der Waals surface area contributed by atoms with Crippen molar-refractivity contribution < 1.29 is 4.79 Å². The molecule has 0 unspecified atom stereocenters. The number of benzene rings is 1. The van der Waals surface area contributed by atoms with Crippen molar-refractivity contribution in [3.63, 3.8) is 0 Å². The first-order chi connectivity index (χ1) is 10.2. The molecular weight excluding hydrogens is 274 g/mol. The Hall–Kier alpha value is -2.23. The molecule has 2 rings (SSSR count). The van der Waals surface area contributed by atoms with E-state index in [1.165, 1.54) is 0 Å². The van der Waals surface area contributed by atoms with Gasteiger partial charge in [0.15, 0.2) is 0 Å². The Morgan fingerprint density at radius 3 is 2.55 bits per heavy atom. The predicted molar refractivity (Wildman–Crippen MR) is 91.2 cm³/mol. The molecule has 0 aliphatic heterocycles. The number of carbonyl (C=O) groups excluding carboxylic acids is 1. The molecule has 0 bridgehead atoms. The summed E-state index contributed by atoms with van der Waals surface area (Å²) in [6, 6.07) is 7.83. The minimum Gasteiger partial charge on any atom is -0.267 e. The van der Waals surface area contributed by atoms with Gasteiger partial charge in [0, 0.05) is 16.5 Å². The Morgan fingerprint density at radius 1 is 1.23 bits per heavy atom. The van der Waals surface area contributed by atoms with E-state index in [0.717, 1.165) is 22.2 Å². The predicted octanol–water partition coefficient (Wildman–Crippen LogP) is 4.00. The molecule has 1 heterocycles. The summed E-state index contributed by atoms with van der Waals surface area (Å²) < 4.78 is 0. The van der Waals surface area contributed by atoms with E-state index in [0.29, 0.717) is 11.3 Å². The highest BCUT2D eigenvalue weighted by atomic mass is 16.2. The van der Waals surface area contributed by atoms with E-state index in [2.05, 4.69) is 36.3 Å². The van der Waals surface area contributed by atoms with Gasteiger partial charge in [-0.1, -0.05) is 39.0 Å². The van der Waals surface area contributed by atoms with E-state index in [1.807, 2.05) is 45.0 Å². The van der Waals surface area contributed by atoms with Gasteiger partial charge in [-0.2, -0.15) is 5.10 Å². The number of rotatable bonds is 2. The van der Waals surface area contributed by atoms with E-state index in [1.54, 1.807) is 0 Å². The Kier molecular flexibility index (Phi) is 4.31. The van der Waals surface area contributed by atoms with Crippen LogP contribution >= 0.6 is 0 Å². The topological polar surface area (TPSA) is 54.4 Å². The lowest BCUT2D eigenvalue weighted by atomic mass is 9.91. The van der Waals surface area contributed by atoms with Crippen LogP contribution < -0.4 is 5.43 Å². The zero-order chi connectivity index (χ0) is 16.5. The molecule has 0 spiro atoms. The largest absolute Gasteiger partial charge is 0.273 e. The number of pyridine rings is 1. The summed E-state index contributed by atoms with van der Waals surface area (Å²) in [4.78, 5) is 16.9. The van der Waals surface area contributed by atoms with E-state index >= 15 is 0 Å². The quantitative estimate of drug-likeness (QED) is 0.672. The van der Waals surface area contributed by atoms with Gasteiger partial charge in [0.2, 0.25) is 0 Å². The van der Waals surface area contributed by atoms with Gasteiger partial charge in [0.1, 0.15) is 0 Å². The monoisotopic (exact) mass is 297 g/mol. The Bertz CT molecular complexity index is 755. The third-order valence-electron chi connectivity index (χ3n) is 3.89. The summed E-state index contributed by atoms with van der Waals surface area (Å²) in [6.45, 7) is 12.0. The van der Waals surface area contributed by atoms with Gasteiger partial charge < -0.3 is 0 Å². The van der Waals surface area contributed by atoms with Crippen LogP contribution in [-0.2, 0) is 0 Å². The molecule has 1 N–H and O–H groups in total. The fraction of sp³-hybridized carbons (Fsp3) is 0.389. The molecule has 2 aromatic rings. The van der Waals surface area contributed by atoms with Crippen molar-refractivity contribution in [2.75, 3.05) is 0 Å². The maximum absolute atomic E-state index is 12.4. The van der Waals surface area contributed by atoms with Gasteiger partial charge >= 0.3 is 0 Å². The van der Waals surface area contributed by atoms with Gasteiger partial charge in [0.05, 0.1) is 16.8 Å². The molecule has 0 aliphatic rings. The number of hydrazone groups is 1. The SMILES string of the molecule is C/C(=N\NC(=O)c1cc2cccc(C)c2nc1C)C(C)(C)C. The van der Waals surface area contributed by atoms with E-state index in [9.17, 15) is 4.79 Å². The van der Waals surface area contributed by atoms with Crippen molar-refractivity contribution in [2.24, 2.45) is 10.5 Å². The van der Waals surface area contributed by atoms with Crippen molar-refractivity contribution in [1.29, 1.82) is 0 Å². The van der Waals surface area contributed by atoms with E-state index < -0.39 is 0 Å². The molecule has 116 valence electrons. The van der Waals surface area contributed by atoms with Crippen molar-refractivity contribution >= 4 is 22.5 Å². The number of carbonyl (C=O) groups is 1. The van der Waals surface area contributed by atoms with Crippen LogP contribution in [-0.4, -0.2) is 16.6 Å². The van der Waals surface area contributed by atoms with E-state index in [-0.39, 0.29) is 11.3 Å². The molecule has 0 saturated heterocycles.